The summed E-state index contributed by atoms with van der Waals surface area (Å²) in [7, 11) is 1.38. The minimum absolute atomic E-state index is 0.153. The fourth-order valence-electron chi connectivity index (χ4n) is 2.01. The third-order valence-electron chi connectivity index (χ3n) is 3.08. The predicted molar refractivity (Wildman–Crippen MR) is 78.4 cm³/mol. The van der Waals surface area contributed by atoms with E-state index in [1.165, 1.54) is 19.2 Å². The van der Waals surface area contributed by atoms with E-state index in [9.17, 15) is 10.1 Å². The lowest BCUT2D eigenvalue weighted by atomic mass is 10.2. The largest absolute Gasteiger partial charge is 0.490 e. The molecule has 0 N–H and O–H groups in total. The van der Waals surface area contributed by atoms with E-state index >= 15 is 0 Å². The summed E-state index contributed by atoms with van der Waals surface area (Å²) in [5, 5.41) is 14.9. The van der Waals surface area contributed by atoms with Gasteiger partial charge in [-0.25, -0.2) is 0 Å². The van der Waals surface area contributed by atoms with Crippen molar-refractivity contribution in [3.8, 4) is 28.6 Å². The summed E-state index contributed by atoms with van der Waals surface area (Å²) >= 11 is 0. The van der Waals surface area contributed by atoms with Crippen molar-refractivity contribution in [1.82, 2.24) is 10.1 Å². The SMILES string of the molecule is COc1ccc(-c2nc(-c3ccccc3)no2)cc1[N+](=O)[O-]. The molecule has 0 atom stereocenters. The first-order valence-corrected chi connectivity index (χ1v) is 6.41. The van der Waals surface area contributed by atoms with Crippen LogP contribution in [0, 0.1) is 10.1 Å². The first-order valence-electron chi connectivity index (χ1n) is 6.41. The van der Waals surface area contributed by atoms with Crippen molar-refractivity contribution in [3.05, 3.63) is 58.6 Å². The van der Waals surface area contributed by atoms with Crippen LogP contribution in [-0.2, 0) is 0 Å². The maximum Gasteiger partial charge on any atom is 0.311 e. The summed E-state index contributed by atoms with van der Waals surface area (Å²) in [6, 6.07) is 13.8. The number of rotatable bonds is 4. The molecule has 0 aliphatic carbocycles. The highest BCUT2D eigenvalue weighted by molar-refractivity contribution is 5.64. The quantitative estimate of drug-likeness (QED) is 0.542. The number of nitro benzene ring substituents is 1. The minimum Gasteiger partial charge on any atom is -0.490 e. The van der Waals surface area contributed by atoms with Crippen LogP contribution in [0.3, 0.4) is 0 Å². The Morgan fingerprint density at radius 1 is 1.14 bits per heavy atom. The van der Waals surface area contributed by atoms with Crippen molar-refractivity contribution in [2.75, 3.05) is 7.11 Å². The lowest BCUT2D eigenvalue weighted by Gasteiger charge is -2.01. The number of nitro groups is 1. The van der Waals surface area contributed by atoms with E-state index in [1.54, 1.807) is 6.07 Å². The molecule has 1 aromatic heterocycles. The van der Waals surface area contributed by atoms with Gasteiger partial charge in [0.25, 0.3) is 5.89 Å². The summed E-state index contributed by atoms with van der Waals surface area (Å²) in [6.07, 6.45) is 0. The van der Waals surface area contributed by atoms with Crippen molar-refractivity contribution in [3.63, 3.8) is 0 Å². The summed E-state index contributed by atoms with van der Waals surface area (Å²) in [6.45, 7) is 0. The molecule has 0 bridgehead atoms. The highest BCUT2D eigenvalue weighted by Crippen LogP contribution is 2.32. The number of hydrogen-bond acceptors (Lipinski definition) is 6. The van der Waals surface area contributed by atoms with E-state index in [2.05, 4.69) is 10.1 Å². The molecule has 0 aliphatic heterocycles. The van der Waals surface area contributed by atoms with Gasteiger partial charge in [0.1, 0.15) is 0 Å². The topological polar surface area (TPSA) is 91.3 Å². The maximum atomic E-state index is 11.0. The Morgan fingerprint density at radius 2 is 1.91 bits per heavy atom. The molecule has 110 valence electrons. The fraction of sp³-hybridized carbons (Fsp3) is 0.0667. The van der Waals surface area contributed by atoms with Gasteiger partial charge in [0.05, 0.1) is 12.0 Å². The van der Waals surface area contributed by atoms with Gasteiger partial charge >= 0.3 is 5.69 Å². The molecule has 0 saturated heterocycles. The average molecular weight is 297 g/mol. The lowest BCUT2D eigenvalue weighted by molar-refractivity contribution is -0.385. The van der Waals surface area contributed by atoms with Crippen molar-refractivity contribution < 1.29 is 14.2 Å². The second kappa shape index (κ2) is 5.65. The standard InChI is InChI=1S/C15H11N3O4/c1-21-13-8-7-11(9-12(13)18(19)20)15-16-14(17-22-15)10-5-3-2-4-6-10/h2-9H,1H3. The van der Waals surface area contributed by atoms with Gasteiger partial charge in [-0.15, -0.1) is 0 Å². The summed E-state index contributed by atoms with van der Waals surface area (Å²) in [5.74, 6) is 0.815. The zero-order valence-corrected chi connectivity index (χ0v) is 11.6. The van der Waals surface area contributed by atoms with Crippen LogP contribution >= 0.6 is 0 Å². The van der Waals surface area contributed by atoms with Gasteiger partial charge in [0, 0.05) is 17.2 Å². The molecular weight excluding hydrogens is 286 g/mol. The van der Waals surface area contributed by atoms with Crippen LogP contribution < -0.4 is 4.74 Å². The van der Waals surface area contributed by atoms with Crippen LogP contribution in [0.1, 0.15) is 0 Å². The molecule has 0 spiro atoms. The monoisotopic (exact) mass is 297 g/mol. The second-order valence-corrected chi connectivity index (χ2v) is 4.43. The summed E-state index contributed by atoms with van der Waals surface area (Å²) < 4.78 is 10.2. The van der Waals surface area contributed by atoms with Crippen LogP contribution in [0.4, 0.5) is 5.69 Å². The molecule has 0 unspecified atom stereocenters. The van der Waals surface area contributed by atoms with Gasteiger partial charge < -0.3 is 9.26 Å². The van der Waals surface area contributed by atoms with Gasteiger partial charge in [-0.2, -0.15) is 4.98 Å². The summed E-state index contributed by atoms with van der Waals surface area (Å²) in [4.78, 5) is 14.8. The number of hydrogen-bond donors (Lipinski definition) is 0. The van der Waals surface area contributed by atoms with Crippen molar-refractivity contribution in [1.29, 1.82) is 0 Å². The fourth-order valence-corrected chi connectivity index (χ4v) is 2.01. The molecule has 3 aromatic rings. The lowest BCUT2D eigenvalue weighted by Crippen LogP contribution is -1.94. The van der Waals surface area contributed by atoms with Gasteiger partial charge in [0.15, 0.2) is 5.75 Å². The Bertz CT molecular complexity index is 815. The van der Waals surface area contributed by atoms with Crippen LogP contribution in [0.5, 0.6) is 5.75 Å². The number of aromatic nitrogens is 2. The minimum atomic E-state index is -0.517. The van der Waals surface area contributed by atoms with Crippen LogP contribution in [0.2, 0.25) is 0 Å². The zero-order valence-electron chi connectivity index (χ0n) is 11.6. The molecule has 7 heteroatoms. The van der Waals surface area contributed by atoms with E-state index in [4.69, 9.17) is 9.26 Å². The van der Waals surface area contributed by atoms with Gasteiger partial charge in [-0.1, -0.05) is 35.5 Å². The van der Waals surface area contributed by atoms with E-state index < -0.39 is 4.92 Å². The van der Waals surface area contributed by atoms with Gasteiger partial charge in [0.2, 0.25) is 5.82 Å². The Hall–Kier alpha value is -3.22. The molecule has 0 amide bonds. The smallest absolute Gasteiger partial charge is 0.311 e. The third kappa shape index (κ3) is 2.51. The van der Waals surface area contributed by atoms with Gasteiger partial charge in [-0.05, 0) is 12.1 Å². The van der Waals surface area contributed by atoms with Crippen LogP contribution in [0.25, 0.3) is 22.8 Å². The van der Waals surface area contributed by atoms with Crippen molar-refractivity contribution in [2.24, 2.45) is 0 Å². The second-order valence-electron chi connectivity index (χ2n) is 4.43. The molecule has 3 rings (SSSR count). The third-order valence-corrected chi connectivity index (χ3v) is 3.08. The van der Waals surface area contributed by atoms with E-state index in [-0.39, 0.29) is 17.3 Å². The van der Waals surface area contributed by atoms with Crippen molar-refractivity contribution in [2.45, 2.75) is 0 Å². The maximum absolute atomic E-state index is 11.0. The van der Waals surface area contributed by atoms with Crippen LogP contribution in [0.15, 0.2) is 53.1 Å². The molecule has 7 nitrogen and oxygen atoms in total. The van der Waals surface area contributed by atoms with E-state index in [0.717, 1.165) is 5.56 Å². The Balaban J connectivity index is 2.00. The molecule has 0 aliphatic rings. The Morgan fingerprint density at radius 3 is 2.59 bits per heavy atom. The normalized spacial score (nSPS) is 10.4. The molecule has 2 aromatic carbocycles. The molecule has 0 saturated carbocycles. The zero-order chi connectivity index (χ0) is 15.5. The van der Waals surface area contributed by atoms with Gasteiger partial charge in [-0.3, -0.25) is 10.1 Å². The van der Waals surface area contributed by atoms with E-state index in [1.807, 2.05) is 30.3 Å². The van der Waals surface area contributed by atoms with Crippen molar-refractivity contribution >= 4 is 5.69 Å². The molecule has 0 radical (unpaired) electrons. The predicted octanol–water partition coefficient (Wildman–Crippen LogP) is 3.32. The van der Waals surface area contributed by atoms with E-state index in [0.29, 0.717) is 11.4 Å². The first kappa shape index (κ1) is 13.7. The first-order chi connectivity index (χ1) is 10.7. The number of ether oxygens (including phenoxy) is 1. The Labute approximate surface area is 125 Å². The molecule has 22 heavy (non-hydrogen) atoms. The Kier molecular flexibility index (Phi) is 3.53. The summed E-state index contributed by atoms with van der Waals surface area (Å²) in [5.41, 5.74) is 1.11. The molecule has 0 fully saturated rings. The molecule has 1 heterocycles. The molecular formula is C15H11N3O4. The highest BCUT2D eigenvalue weighted by Gasteiger charge is 2.18. The number of benzene rings is 2. The average Bonchev–Trinajstić information content (AvgIpc) is 3.05. The number of methoxy groups -OCH3 is 1. The highest BCUT2D eigenvalue weighted by atomic mass is 16.6. The number of nitrogens with zero attached hydrogens (tertiary/aromatic N) is 3. The van der Waals surface area contributed by atoms with Crippen LogP contribution in [-0.4, -0.2) is 22.2 Å².